The SMILES string of the molecule is CC(C)(C)OC(N)=O.NC(=O)CCNC(=O)Cc1cccc(C(F)(F)F)c1. The average molecular weight is 391 g/mol. The Labute approximate surface area is 155 Å². The number of hydrogen-bond donors (Lipinski definition) is 3. The van der Waals surface area contributed by atoms with Gasteiger partial charge in [0, 0.05) is 13.0 Å². The molecule has 1 aromatic rings. The zero-order chi connectivity index (χ0) is 21.3. The molecular weight excluding hydrogens is 367 g/mol. The van der Waals surface area contributed by atoms with Crippen LogP contribution >= 0.6 is 0 Å². The van der Waals surface area contributed by atoms with Crippen molar-refractivity contribution in [1.29, 1.82) is 0 Å². The van der Waals surface area contributed by atoms with Crippen molar-refractivity contribution in [3.05, 3.63) is 35.4 Å². The van der Waals surface area contributed by atoms with Crippen LogP contribution < -0.4 is 16.8 Å². The van der Waals surface area contributed by atoms with Gasteiger partial charge in [-0.05, 0) is 32.4 Å². The highest BCUT2D eigenvalue weighted by Gasteiger charge is 2.30. The monoisotopic (exact) mass is 391 g/mol. The molecule has 0 aliphatic rings. The van der Waals surface area contributed by atoms with Crippen LogP contribution in [0.1, 0.15) is 38.3 Å². The Kier molecular flexibility index (Phi) is 9.32. The van der Waals surface area contributed by atoms with Crippen LogP contribution in [-0.4, -0.2) is 30.1 Å². The summed E-state index contributed by atoms with van der Waals surface area (Å²) >= 11 is 0. The molecular formula is C17H24F3N3O4. The largest absolute Gasteiger partial charge is 0.444 e. The van der Waals surface area contributed by atoms with Crippen LogP contribution in [0, 0.1) is 0 Å². The van der Waals surface area contributed by atoms with E-state index < -0.39 is 35.2 Å². The van der Waals surface area contributed by atoms with E-state index in [-0.39, 0.29) is 24.9 Å². The van der Waals surface area contributed by atoms with Crippen LogP contribution in [0.4, 0.5) is 18.0 Å². The maximum Gasteiger partial charge on any atom is 0.416 e. The van der Waals surface area contributed by atoms with Gasteiger partial charge in [0.15, 0.2) is 0 Å². The minimum atomic E-state index is -4.43. The molecule has 27 heavy (non-hydrogen) atoms. The van der Waals surface area contributed by atoms with Gasteiger partial charge in [-0.15, -0.1) is 0 Å². The van der Waals surface area contributed by atoms with Crippen molar-refractivity contribution in [2.45, 2.75) is 45.4 Å². The molecule has 1 rings (SSSR count). The second-order valence-electron chi connectivity index (χ2n) is 6.47. The maximum atomic E-state index is 12.4. The maximum absolute atomic E-state index is 12.4. The number of ether oxygens (including phenoxy) is 1. The third-order valence-electron chi connectivity index (χ3n) is 2.72. The first-order valence-electron chi connectivity index (χ1n) is 7.90. The molecule has 0 heterocycles. The molecule has 0 unspecified atom stereocenters. The van der Waals surface area contributed by atoms with Gasteiger partial charge in [-0.3, -0.25) is 9.59 Å². The van der Waals surface area contributed by atoms with Gasteiger partial charge in [-0.1, -0.05) is 18.2 Å². The summed E-state index contributed by atoms with van der Waals surface area (Å²) in [6, 6.07) is 4.54. The number of rotatable bonds is 5. The lowest BCUT2D eigenvalue weighted by molar-refractivity contribution is -0.137. The first-order valence-corrected chi connectivity index (χ1v) is 7.90. The van der Waals surface area contributed by atoms with Crippen LogP contribution in [0.3, 0.4) is 0 Å². The van der Waals surface area contributed by atoms with Crippen molar-refractivity contribution < 1.29 is 32.3 Å². The number of carbonyl (C=O) groups is 3. The van der Waals surface area contributed by atoms with Crippen molar-refractivity contribution in [3.63, 3.8) is 0 Å². The molecule has 1 aromatic carbocycles. The molecule has 0 radical (unpaired) electrons. The summed E-state index contributed by atoms with van der Waals surface area (Å²) < 4.78 is 41.9. The Balaban J connectivity index is 0.000000713. The van der Waals surface area contributed by atoms with Crippen LogP contribution in [0.15, 0.2) is 24.3 Å². The van der Waals surface area contributed by atoms with E-state index in [1.165, 1.54) is 12.1 Å². The van der Waals surface area contributed by atoms with E-state index in [9.17, 15) is 27.6 Å². The van der Waals surface area contributed by atoms with E-state index in [1.54, 1.807) is 20.8 Å². The van der Waals surface area contributed by atoms with E-state index in [4.69, 9.17) is 11.5 Å². The molecule has 3 amide bonds. The quantitative estimate of drug-likeness (QED) is 0.711. The summed E-state index contributed by atoms with van der Waals surface area (Å²) in [5.74, 6) is -1.01. The van der Waals surface area contributed by atoms with E-state index in [2.05, 4.69) is 10.1 Å². The molecule has 5 N–H and O–H groups in total. The topological polar surface area (TPSA) is 125 Å². The number of halogens is 3. The minimum Gasteiger partial charge on any atom is -0.444 e. The first-order chi connectivity index (χ1) is 12.2. The molecule has 0 atom stereocenters. The molecule has 0 aromatic heterocycles. The van der Waals surface area contributed by atoms with Crippen LogP contribution in [-0.2, 0) is 26.9 Å². The smallest absolute Gasteiger partial charge is 0.416 e. The Bertz CT molecular complexity index is 656. The van der Waals surface area contributed by atoms with Crippen LogP contribution in [0.25, 0.3) is 0 Å². The lowest BCUT2D eigenvalue weighted by Gasteiger charge is -2.16. The van der Waals surface area contributed by atoms with Gasteiger partial charge >= 0.3 is 12.3 Å². The van der Waals surface area contributed by atoms with E-state index in [0.29, 0.717) is 0 Å². The van der Waals surface area contributed by atoms with E-state index >= 15 is 0 Å². The predicted molar refractivity (Wildman–Crippen MR) is 92.4 cm³/mol. The minimum absolute atomic E-state index is 0.00562. The number of nitrogens with two attached hydrogens (primary N) is 2. The zero-order valence-corrected chi connectivity index (χ0v) is 15.4. The second-order valence-corrected chi connectivity index (χ2v) is 6.47. The van der Waals surface area contributed by atoms with Crippen molar-refractivity contribution >= 4 is 17.9 Å². The molecule has 152 valence electrons. The number of alkyl halides is 3. The highest BCUT2D eigenvalue weighted by atomic mass is 19.4. The highest BCUT2D eigenvalue weighted by Crippen LogP contribution is 2.29. The molecule has 0 bridgehead atoms. The standard InChI is InChI=1S/C12H13F3N2O2.C5H11NO2/c13-12(14,15)9-3-1-2-8(6-9)7-11(19)17-5-4-10(16)18;1-5(2,3)8-4(6)7/h1-3,6H,4-5,7H2,(H2,16,18)(H,17,19);1-3H3,(H2,6,7). The number of amides is 3. The number of nitrogens with one attached hydrogen (secondary N) is 1. The fourth-order valence-corrected chi connectivity index (χ4v) is 1.73. The van der Waals surface area contributed by atoms with E-state index in [1.807, 2.05) is 0 Å². The molecule has 10 heteroatoms. The summed E-state index contributed by atoms with van der Waals surface area (Å²) in [5.41, 5.74) is 8.61. The van der Waals surface area contributed by atoms with Gasteiger partial charge < -0.3 is 21.5 Å². The fraction of sp³-hybridized carbons (Fsp3) is 0.471. The summed E-state index contributed by atoms with van der Waals surface area (Å²) in [6.45, 7) is 5.36. The average Bonchev–Trinajstić information content (AvgIpc) is 2.44. The Morgan fingerprint density at radius 3 is 2.11 bits per heavy atom. The third kappa shape index (κ3) is 13.1. The van der Waals surface area contributed by atoms with Gasteiger partial charge in [0.25, 0.3) is 0 Å². The van der Waals surface area contributed by atoms with Crippen LogP contribution in [0.5, 0.6) is 0 Å². The molecule has 0 saturated carbocycles. The van der Waals surface area contributed by atoms with Gasteiger partial charge in [0.1, 0.15) is 5.60 Å². The van der Waals surface area contributed by atoms with Crippen molar-refractivity contribution in [2.75, 3.05) is 6.54 Å². The molecule has 7 nitrogen and oxygen atoms in total. The normalized spacial score (nSPS) is 11.0. The predicted octanol–water partition coefficient (Wildman–Crippen LogP) is 2.12. The zero-order valence-electron chi connectivity index (χ0n) is 15.4. The van der Waals surface area contributed by atoms with Crippen LogP contribution in [0.2, 0.25) is 0 Å². The van der Waals surface area contributed by atoms with Gasteiger partial charge in [-0.25, -0.2) is 4.79 Å². The summed E-state index contributed by atoms with van der Waals surface area (Å²) in [6.07, 6.45) is -5.34. The van der Waals surface area contributed by atoms with E-state index in [0.717, 1.165) is 12.1 Å². The number of hydrogen-bond acceptors (Lipinski definition) is 4. The lowest BCUT2D eigenvalue weighted by Crippen LogP contribution is -2.29. The third-order valence-corrected chi connectivity index (χ3v) is 2.72. The number of carbonyl (C=O) groups excluding carboxylic acids is 3. The Morgan fingerprint density at radius 1 is 1.11 bits per heavy atom. The lowest BCUT2D eigenvalue weighted by atomic mass is 10.1. The summed E-state index contributed by atoms with van der Waals surface area (Å²) in [4.78, 5) is 31.9. The van der Waals surface area contributed by atoms with Gasteiger partial charge in [0.2, 0.25) is 11.8 Å². The Morgan fingerprint density at radius 2 is 1.70 bits per heavy atom. The molecule has 0 spiro atoms. The molecule has 0 aliphatic carbocycles. The first kappa shape index (κ1) is 24.2. The second kappa shape index (κ2) is 10.4. The van der Waals surface area contributed by atoms with Gasteiger partial charge in [-0.2, -0.15) is 13.2 Å². The van der Waals surface area contributed by atoms with Crippen molar-refractivity contribution in [2.24, 2.45) is 11.5 Å². The summed E-state index contributed by atoms with van der Waals surface area (Å²) in [7, 11) is 0. The van der Waals surface area contributed by atoms with Gasteiger partial charge in [0.05, 0.1) is 12.0 Å². The highest BCUT2D eigenvalue weighted by molar-refractivity contribution is 5.79. The van der Waals surface area contributed by atoms with Crippen molar-refractivity contribution in [1.82, 2.24) is 5.32 Å². The van der Waals surface area contributed by atoms with Crippen molar-refractivity contribution in [3.8, 4) is 0 Å². The summed E-state index contributed by atoms with van der Waals surface area (Å²) in [5, 5.41) is 2.40. The number of benzene rings is 1. The molecule has 0 aliphatic heterocycles. The molecule has 0 fully saturated rings. The fourth-order valence-electron chi connectivity index (χ4n) is 1.73. The number of primary amides is 2. The Hall–Kier alpha value is -2.78. The molecule has 0 saturated heterocycles.